The molecule has 1 saturated heterocycles. The normalized spacial score (nSPS) is 16.4. The maximum atomic E-state index is 12.8. The van der Waals surface area contributed by atoms with Crippen LogP contribution in [-0.4, -0.2) is 51.5 Å². The van der Waals surface area contributed by atoms with Crippen LogP contribution >= 0.6 is 0 Å². The molecule has 1 N–H and O–H groups in total. The smallest absolute Gasteiger partial charge is 0.259 e. The molecule has 168 valence electrons. The van der Waals surface area contributed by atoms with Gasteiger partial charge in [0.25, 0.3) is 5.91 Å². The Morgan fingerprint density at radius 3 is 2.61 bits per heavy atom. The summed E-state index contributed by atoms with van der Waals surface area (Å²) in [5.41, 5.74) is 0.922. The number of anilines is 1. The number of sulfonamides is 1. The first-order valence-corrected chi connectivity index (χ1v) is 12.1. The second kappa shape index (κ2) is 10.7. The molecule has 8 heteroatoms. The Labute approximate surface area is 184 Å². The third-order valence-electron chi connectivity index (χ3n) is 5.23. The van der Waals surface area contributed by atoms with Gasteiger partial charge in [0.1, 0.15) is 12.4 Å². The van der Waals surface area contributed by atoms with E-state index in [1.807, 2.05) is 13.0 Å². The minimum absolute atomic E-state index is 0.0565. The second-order valence-electron chi connectivity index (χ2n) is 7.60. The standard InChI is InChI=1S/C23H30N2O5S/c1-3-4-15-25(2)31(27,28)20-13-11-18(12-14-20)24-23(26)21-9-5-6-10-22(21)30-17-19-8-7-16-29-19/h5-6,9-14,19H,3-4,7-8,15-17H2,1-2H3,(H,24,26). The molecular weight excluding hydrogens is 416 g/mol. The van der Waals surface area contributed by atoms with Crippen molar-refractivity contribution in [3.63, 3.8) is 0 Å². The first-order valence-electron chi connectivity index (χ1n) is 10.6. The SMILES string of the molecule is CCCCN(C)S(=O)(=O)c1ccc(NC(=O)c2ccccc2OCC2CCCO2)cc1. The molecule has 0 radical (unpaired) electrons. The van der Waals surface area contributed by atoms with E-state index in [1.54, 1.807) is 37.4 Å². The van der Waals surface area contributed by atoms with Crippen LogP contribution < -0.4 is 10.1 Å². The van der Waals surface area contributed by atoms with Crippen molar-refractivity contribution in [2.45, 2.75) is 43.6 Å². The molecule has 0 bridgehead atoms. The largest absolute Gasteiger partial charge is 0.490 e. The van der Waals surface area contributed by atoms with E-state index >= 15 is 0 Å². The van der Waals surface area contributed by atoms with Crippen LogP contribution in [0.2, 0.25) is 0 Å². The summed E-state index contributed by atoms with van der Waals surface area (Å²) in [7, 11) is -1.96. The molecule has 0 saturated carbocycles. The zero-order valence-corrected chi connectivity index (χ0v) is 18.9. The number of amides is 1. The van der Waals surface area contributed by atoms with E-state index in [4.69, 9.17) is 9.47 Å². The number of benzene rings is 2. The molecule has 7 nitrogen and oxygen atoms in total. The number of nitrogens with zero attached hydrogens (tertiary/aromatic N) is 1. The molecule has 1 amide bonds. The van der Waals surface area contributed by atoms with Crippen molar-refractivity contribution < 1.29 is 22.7 Å². The number of hydrogen-bond acceptors (Lipinski definition) is 5. The van der Waals surface area contributed by atoms with E-state index in [-0.39, 0.29) is 16.9 Å². The molecule has 1 atom stereocenters. The first kappa shape index (κ1) is 23.2. The van der Waals surface area contributed by atoms with Crippen LogP contribution in [0.4, 0.5) is 5.69 Å². The molecule has 1 unspecified atom stereocenters. The molecule has 1 fully saturated rings. The van der Waals surface area contributed by atoms with Crippen LogP contribution in [0.15, 0.2) is 53.4 Å². The molecule has 0 spiro atoms. The molecule has 1 heterocycles. The fourth-order valence-corrected chi connectivity index (χ4v) is 4.54. The van der Waals surface area contributed by atoms with Crippen molar-refractivity contribution in [2.24, 2.45) is 0 Å². The maximum Gasteiger partial charge on any atom is 0.259 e. The average Bonchev–Trinajstić information content (AvgIpc) is 3.30. The van der Waals surface area contributed by atoms with Crippen LogP contribution in [0.5, 0.6) is 5.75 Å². The Balaban J connectivity index is 1.66. The Kier molecular flexibility index (Phi) is 8.06. The van der Waals surface area contributed by atoms with Gasteiger partial charge in [-0.25, -0.2) is 12.7 Å². The summed E-state index contributed by atoms with van der Waals surface area (Å²) in [6.45, 7) is 3.64. The van der Waals surface area contributed by atoms with E-state index in [0.29, 0.717) is 30.2 Å². The summed E-state index contributed by atoms with van der Waals surface area (Å²) in [5.74, 6) is 0.172. The Morgan fingerprint density at radius 2 is 1.94 bits per heavy atom. The van der Waals surface area contributed by atoms with Crippen LogP contribution in [0.25, 0.3) is 0 Å². The van der Waals surface area contributed by atoms with Gasteiger partial charge in [-0.2, -0.15) is 0 Å². The zero-order valence-electron chi connectivity index (χ0n) is 18.0. The lowest BCUT2D eigenvalue weighted by Crippen LogP contribution is -2.27. The van der Waals surface area contributed by atoms with Crippen molar-refractivity contribution in [1.82, 2.24) is 4.31 Å². The summed E-state index contributed by atoms with van der Waals surface area (Å²) in [6.07, 6.45) is 3.76. The monoisotopic (exact) mass is 446 g/mol. The molecule has 31 heavy (non-hydrogen) atoms. The predicted octanol–water partition coefficient (Wildman–Crippen LogP) is 3.92. The minimum Gasteiger partial charge on any atom is -0.490 e. The molecule has 2 aromatic carbocycles. The highest BCUT2D eigenvalue weighted by Crippen LogP contribution is 2.23. The molecule has 0 aromatic heterocycles. The van der Waals surface area contributed by atoms with Gasteiger partial charge in [0.05, 0.1) is 16.6 Å². The summed E-state index contributed by atoms with van der Waals surface area (Å²) < 4.78 is 38.0. The van der Waals surface area contributed by atoms with Crippen molar-refractivity contribution >= 4 is 21.6 Å². The lowest BCUT2D eigenvalue weighted by atomic mass is 10.1. The van der Waals surface area contributed by atoms with Gasteiger partial charge in [0, 0.05) is 25.9 Å². The third-order valence-corrected chi connectivity index (χ3v) is 7.10. The highest BCUT2D eigenvalue weighted by atomic mass is 32.2. The Bertz CT molecular complexity index is 970. The number of carbonyl (C=O) groups excluding carboxylic acids is 1. The Morgan fingerprint density at radius 1 is 1.19 bits per heavy atom. The van der Waals surface area contributed by atoms with Crippen LogP contribution in [0.1, 0.15) is 43.0 Å². The quantitative estimate of drug-likeness (QED) is 0.598. The molecular formula is C23H30N2O5S. The van der Waals surface area contributed by atoms with Gasteiger partial charge < -0.3 is 14.8 Å². The maximum absolute atomic E-state index is 12.8. The van der Waals surface area contributed by atoms with E-state index in [1.165, 1.54) is 16.4 Å². The second-order valence-corrected chi connectivity index (χ2v) is 9.65. The van der Waals surface area contributed by atoms with Gasteiger partial charge in [0.15, 0.2) is 0 Å². The van der Waals surface area contributed by atoms with Crippen LogP contribution in [0.3, 0.4) is 0 Å². The highest BCUT2D eigenvalue weighted by Gasteiger charge is 2.21. The number of para-hydroxylation sites is 1. The Hall–Kier alpha value is -2.42. The summed E-state index contributed by atoms with van der Waals surface area (Å²) in [5, 5.41) is 2.81. The summed E-state index contributed by atoms with van der Waals surface area (Å²) in [4.78, 5) is 13.0. The number of nitrogens with one attached hydrogen (secondary N) is 1. The molecule has 3 rings (SSSR count). The molecule has 1 aliphatic heterocycles. The van der Waals surface area contributed by atoms with E-state index in [9.17, 15) is 13.2 Å². The van der Waals surface area contributed by atoms with Gasteiger partial charge in [-0.3, -0.25) is 4.79 Å². The number of carbonyl (C=O) groups is 1. The minimum atomic E-state index is -3.54. The first-order chi connectivity index (χ1) is 14.9. The fraction of sp³-hybridized carbons (Fsp3) is 0.435. The summed E-state index contributed by atoms with van der Waals surface area (Å²) in [6, 6.07) is 13.2. The van der Waals surface area contributed by atoms with Crippen LogP contribution in [0, 0.1) is 0 Å². The highest BCUT2D eigenvalue weighted by molar-refractivity contribution is 7.89. The molecule has 1 aliphatic rings. The van der Waals surface area contributed by atoms with E-state index in [2.05, 4.69) is 5.32 Å². The zero-order chi connectivity index (χ0) is 22.3. The average molecular weight is 447 g/mol. The van der Waals surface area contributed by atoms with Gasteiger partial charge >= 0.3 is 0 Å². The van der Waals surface area contributed by atoms with E-state index < -0.39 is 10.0 Å². The number of ether oxygens (including phenoxy) is 2. The van der Waals surface area contributed by atoms with Gasteiger partial charge in [-0.05, 0) is 55.7 Å². The third kappa shape index (κ3) is 6.06. The van der Waals surface area contributed by atoms with Gasteiger partial charge in [0.2, 0.25) is 10.0 Å². The van der Waals surface area contributed by atoms with Crippen molar-refractivity contribution in [3.05, 3.63) is 54.1 Å². The van der Waals surface area contributed by atoms with Gasteiger partial charge in [-0.1, -0.05) is 25.5 Å². The molecule has 0 aliphatic carbocycles. The van der Waals surface area contributed by atoms with Crippen LogP contribution in [-0.2, 0) is 14.8 Å². The van der Waals surface area contributed by atoms with E-state index in [0.717, 1.165) is 32.3 Å². The van der Waals surface area contributed by atoms with Gasteiger partial charge in [-0.15, -0.1) is 0 Å². The topological polar surface area (TPSA) is 84.9 Å². The summed E-state index contributed by atoms with van der Waals surface area (Å²) >= 11 is 0. The molecule has 2 aromatic rings. The number of hydrogen-bond donors (Lipinski definition) is 1. The van der Waals surface area contributed by atoms with Crippen molar-refractivity contribution in [2.75, 3.05) is 32.1 Å². The fourth-order valence-electron chi connectivity index (χ4n) is 3.33. The predicted molar refractivity (Wildman–Crippen MR) is 120 cm³/mol. The number of rotatable bonds is 10. The number of unbranched alkanes of at least 4 members (excludes halogenated alkanes) is 1. The van der Waals surface area contributed by atoms with Crippen molar-refractivity contribution in [3.8, 4) is 5.75 Å². The lowest BCUT2D eigenvalue weighted by molar-refractivity contribution is 0.0673. The lowest BCUT2D eigenvalue weighted by Gasteiger charge is -2.17. The van der Waals surface area contributed by atoms with Crippen molar-refractivity contribution in [1.29, 1.82) is 0 Å².